The second-order valence-corrected chi connectivity index (χ2v) is 8.83. The average Bonchev–Trinajstić information content (AvgIpc) is 2.89. The van der Waals surface area contributed by atoms with Crippen molar-refractivity contribution >= 4 is 22.1 Å². The Labute approximate surface area is 203 Å². The van der Waals surface area contributed by atoms with E-state index < -0.39 is 4.92 Å². The van der Waals surface area contributed by atoms with Crippen LogP contribution in [0.3, 0.4) is 0 Å². The Hall–Kier alpha value is -4.04. The molecule has 0 radical (unpaired) electrons. The van der Waals surface area contributed by atoms with E-state index in [1.54, 1.807) is 24.3 Å². The van der Waals surface area contributed by atoms with E-state index in [4.69, 9.17) is 5.10 Å². The zero-order valence-corrected chi connectivity index (χ0v) is 19.8. The van der Waals surface area contributed by atoms with E-state index in [0.29, 0.717) is 16.5 Å². The number of likely N-dealkylation sites (N-methyl/N-ethyl adjacent to an activating group) is 1. The van der Waals surface area contributed by atoms with Crippen LogP contribution in [0.25, 0.3) is 27.7 Å². The fourth-order valence-electron chi connectivity index (χ4n) is 4.63. The molecule has 0 bridgehead atoms. The molecule has 1 aromatic heterocycles. The molecule has 5 rings (SSSR count). The molecule has 0 aliphatic carbocycles. The third-order valence-corrected chi connectivity index (χ3v) is 6.70. The highest BCUT2D eigenvalue weighted by Crippen LogP contribution is 2.30. The lowest BCUT2D eigenvalue weighted by molar-refractivity contribution is -0.384. The van der Waals surface area contributed by atoms with Gasteiger partial charge in [-0.3, -0.25) is 14.9 Å². The van der Waals surface area contributed by atoms with Gasteiger partial charge in [0.05, 0.1) is 16.0 Å². The molecule has 1 fully saturated rings. The molecule has 0 unspecified atom stereocenters. The Kier molecular flexibility index (Phi) is 6.05. The van der Waals surface area contributed by atoms with E-state index >= 15 is 0 Å². The first-order valence-electron chi connectivity index (χ1n) is 11.8. The van der Waals surface area contributed by atoms with Crippen molar-refractivity contribution in [3.8, 4) is 16.9 Å². The Morgan fingerprint density at radius 3 is 2.29 bits per heavy atom. The van der Waals surface area contributed by atoms with Gasteiger partial charge in [-0.2, -0.15) is 9.78 Å². The zero-order chi connectivity index (χ0) is 24.5. The summed E-state index contributed by atoms with van der Waals surface area (Å²) in [6.07, 6.45) is 0. The molecule has 4 aromatic rings. The quantitative estimate of drug-likeness (QED) is 0.318. The fourth-order valence-corrected chi connectivity index (χ4v) is 4.63. The van der Waals surface area contributed by atoms with Gasteiger partial charge in [-0.1, -0.05) is 55.0 Å². The van der Waals surface area contributed by atoms with Crippen LogP contribution in [0, 0.1) is 17.0 Å². The molecule has 0 spiro atoms. The lowest BCUT2D eigenvalue weighted by Gasteiger charge is -2.35. The van der Waals surface area contributed by atoms with Crippen LogP contribution in [-0.4, -0.2) is 52.3 Å². The predicted octanol–water partition coefficient (Wildman–Crippen LogP) is 4.41. The molecule has 0 N–H and O–H groups in total. The smallest absolute Gasteiger partial charge is 0.295 e. The molecule has 8 nitrogen and oxygen atoms in total. The Balaban J connectivity index is 1.71. The molecular weight excluding hydrogens is 442 g/mol. The molecular formula is C27H27N5O3. The van der Waals surface area contributed by atoms with Crippen molar-refractivity contribution in [3.63, 3.8) is 0 Å². The number of rotatable bonds is 5. The molecule has 0 atom stereocenters. The molecule has 0 saturated carbocycles. The molecule has 8 heteroatoms. The highest BCUT2D eigenvalue weighted by atomic mass is 16.6. The van der Waals surface area contributed by atoms with Gasteiger partial charge in [0.25, 0.3) is 11.2 Å². The summed E-state index contributed by atoms with van der Waals surface area (Å²) < 4.78 is 1.20. The zero-order valence-electron chi connectivity index (χ0n) is 19.8. The highest BCUT2D eigenvalue weighted by molar-refractivity contribution is 5.94. The monoisotopic (exact) mass is 469 g/mol. The topological polar surface area (TPSA) is 84.5 Å². The van der Waals surface area contributed by atoms with E-state index in [0.717, 1.165) is 49.5 Å². The Morgan fingerprint density at radius 2 is 1.63 bits per heavy atom. The van der Waals surface area contributed by atoms with Gasteiger partial charge in [-0.05, 0) is 31.7 Å². The minimum atomic E-state index is -0.455. The summed E-state index contributed by atoms with van der Waals surface area (Å²) in [6, 6.07) is 20.1. The number of hydrogen-bond donors (Lipinski definition) is 0. The van der Waals surface area contributed by atoms with Crippen LogP contribution < -0.4 is 10.5 Å². The molecule has 1 aliphatic rings. The lowest BCUT2D eigenvalue weighted by Crippen LogP contribution is -2.46. The van der Waals surface area contributed by atoms with E-state index in [-0.39, 0.29) is 16.9 Å². The summed E-state index contributed by atoms with van der Waals surface area (Å²) in [4.78, 5) is 29.7. The first-order valence-corrected chi connectivity index (χ1v) is 11.8. The van der Waals surface area contributed by atoms with Gasteiger partial charge in [0.15, 0.2) is 0 Å². The minimum absolute atomic E-state index is 0.152. The third-order valence-electron chi connectivity index (χ3n) is 6.70. The van der Waals surface area contributed by atoms with Crippen LogP contribution in [0.5, 0.6) is 0 Å². The number of anilines is 1. The number of nitro benzene ring substituents is 1. The van der Waals surface area contributed by atoms with Gasteiger partial charge in [-0.25, -0.2) is 0 Å². The second kappa shape index (κ2) is 9.31. The lowest BCUT2D eigenvalue weighted by atomic mass is 10.0. The highest BCUT2D eigenvalue weighted by Gasteiger charge is 2.23. The largest absolute Gasteiger partial charge is 0.369 e. The third kappa shape index (κ3) is 4.28. The maximum absolute atomic E-state index is 13.6. The molecule has 178 valence electrons. The van der Waals surface area contributed by atoms with Crippen LogP contribution in [0.2, 0.25) is 0 Å². The van der Waals surface area contributed by atoms with E-state index in [9.17, 15) is 14.9 Å². The van der Waals surface area contributed by atoms with E-state index in [1.807, 2.05) is 43.3 Å². The van der Waals surface area contributed by atoms with Crippen LogP contribution in [0.1, 0.15) is 12.5 Å². The van der Waals surface area contributed by atoms with Gasteiger partial charge < -0.3 is 9.80 Å². The number of nitrogens with zero attached hydrogens (tertiary/aromatic N) is 5. The number of nitro groups is 1. The first-order chi connectivity index (χ1) is 17.0. The predicted molar refractivity (Wildman–Crippen MR) is 138 cm³/mol. The Morgan fingerprint density at radius 1 is 0.943 bits per heavy atom. The van der Waals surface area contributed by atoms with Gasteiger partial charge in [0, 0.05) is 48.9 Å². The van der Waals surface area contributed by atoms with Crippen molar-refractivity contribution in [2.24, 2.45) is 0 Å². The molecule has 1 saturated heterocycles. The van der Waals surface area contributed by atoms with Gasteiger partial charge >= 0.3 is 0 Å². The van der Waals surface area contributed by atoms with Gasteiger partial charge in [-0.15, -0.1) is 0 Å². The summed E-state index contributed by atoms with van der Waals surface area (Å²) in [5, 5.41) is 17.9. The second-order valence-electron chi connectivity index (χ2n) is 8.83. The van der Waals surface area contributed by atoms with Crippen molar-refractivity contribution in [2.45, 2.75) is 13.8 Å². The number of benzene rings is 3. The SMILES string of the molecule is CCN1CCN(c2ccc([N+](=O)[O-])c(-n3nc(-c4ccc(C)cc4)c4ccccc4c3=O)c2)CC1. The summed E-state index contributed by atoms with van der Waals surface area (Å²) >= 11 is 0. The Bertz CT molecular complexity index is 1450. The molecule has 3 aromatic carbocycles. The van der Waals surface area contributed by atoms with Crippen molar-refractivity contribution < 1.29 is 4.92 Å². The van der Waals surface area contributed by atoms with E-state index in [2.05, 4.69) is 16.7 Å². The van der Waals surface area contributed by atoms with Gasteiger partial charge in [0.2, 0.25) is 0 Å². The molecule has 1 aliphatic heterocycles. The van der Waals surface area contributed by atoms with Crippen LogP contribution in [0.4, 0.5) is 11.4 Å². The summed E-state index contributed by atoms with van der Waals surface area (Å²) in [5.74, 6) is 0. The maximum Gasteiger partial charge on any atom is 0.295 e. The van der Waals surface area contributed by atoms with Crippen molar-refractivity contribution in [3.05, 3.63) is 92.8 Å². The number of hydrogen-bond acceptors (Lipinski definition) is 6. The molecule has 0 amide bonds. The first kappa shape index (κ1) is 22.7. The minimum Gasteiger partial charge on any atom is -0.369 e. The van der Waals surface area contributed by atoms with Crippen molar-refractivity contribution in [1.82, 2.24) is 14.7 Å². The number of piperazine rings is 1. The van der Waals surface area contributed by atoms with Crippen molar-refractivity contribution in [1.29, 1.82) is 0 Å². The van der Waals surface area contributed by atoms with Gasteiger partial charge in [0.1, 0.15) is 5.69 Å². The van der Waals surface area contributed by atoms with Crippen LogP contribution in [-0.2, 0) is 0 Å². The normalized spacial score (nSPS) is 14.4. The average molecular weight is 470 g/mol. The number of fused-ring (bicyclic) bond motifs is 1. The summed E-state index contributed by atoms with van der Waals surface area (Å²) in [6.45, 7) is 8.63. The van der Waals surface area contributed by atoms with E-state index in [1.165, 1.54) is 10.7 Å². The molecule has 35 heavy (non-hydrogen) atoms. The number of aromatic nitrogens is 2. The summed E-state index contributed by atoms with van der Waals surface area (Å²) in [7, 11) is 0. The van der Waals surface area contributed by atoms with Crippen LogP contribution in [0.15, 0.2) is 71.5 Å². The fraction of sp³-hybridized carbons (Fsp3) is 0.259. The number of aryl methyl sites for hydroxylation is 1. The standard InChI is InChI=1S/C27H27N5O3/c1-3-29-14-16-30(17-15-29)21-12-13-24(32(34)35)25(18-21)31-27(33)23-7-5-4-6-22(23)26(28-31)20-10-8-19(2)9-11-20/h4-13,18H,3,14-17H2,1-2H3. The molecule has 2 heterocycles. The van der Waals surface area contributed by atoms with Crippen molar-refractivity contribution in [2.75, 3.05) is 37.6 Å². The summed E-state index contributed by atoms with van der Waals surface area (Å²) in [5.41, 5.74) is 3.05. The van der Waals surface area contributed by atoms with Crippen LogP contribution >= 0.6 is 0 Å². The maximum atomic E-state index is 13.6.